The van der Waals surface area contributed by atoms with E-state index in [9.17, 15) is 8.42 Å². The molecule has 6 nitrogen and oxygen atoms in total. The van der Waals surface area contributed by atoms with Gasteiger partial charge in [0.25, 0.3) is 0 Å². The Bertz CT molecular complexity index is 522. The Kier molecular flexibility index (Phi) is 4.07. The lowest BCUT2D eigenvalue weighted by molar-refractivity contribution is 0.178. The van der Waals surface area contributed by atoms with Crippen molar-refractivity contribution in [3.05, 3.63) is 18.3 Å². The summed E-state index contributed by atoms with van der Waals surface area (Å²) in [5, 5.41) is 3.02. The summed E-state index contributed by atoms with van der Waals surface area (Å²) >= 11 is 0. The molecule has 7 heteroatoms. The van der Waals surface area contributed by atoms with Crippen LogP contribution in [-0.2, 0) is 14.8 Å². The Morgan fingerprint density at radius 3 is 2.79 bits per heavy atom. The zero-order valence-corrected chi connectivity index (χ0v) is 12.0. The van der Waals surface area contributed by atoms with Gasteiger partial charge >= 0.3 is 0 Å². The smallest absolute Gasteiger partial charge is 0.242 e. The van der Waals surface area contributed by atoms with Crippen molar-refractivity contribution in [2.24, 2.45) is 0 Å². The first-order valence-electron chi connectivity index (χ1n) is 6.27. The fourth-order valence-electron chi connectivity index (χ4n) is 1.96. The predicted molar refractivity (Wildman–Crippen MR) is 72.6 cm³/mol. The molecule has 2 rings (SSSR count). The molecule has 1 atom stereocenters. The van der Waals surface area contributed by atoms with Gasteiger partial charge in [0.15, 0.2) is 0 Å². The Hall–Kier alpha value is -1.18. The van der Waals surface area contributed by atoms with E-state index >= 15 is 0 Å². The van der Waals surface area contributed by atoms with Crippen LogP contribution >= 0.6 is 0 Å². The van der Waals surface area contributed by atoms with Gasteiger partial charge in [-0.3, -0.25) is 0 Å². The van der Waals surface area contributed by atoms with E-state index in [-0.39, 0.29) is 4.90 Å². The number of anilines is 1. The molecule has 1 aromatic rings. The summed E-state index contributed by atoms with van der Waals surface area (Å²) in [5.74, 6) is 0.664. The number of hydrogen-bond acceptors (Lipinski definition) is 5. The van der Waals surface area contributed by atoms with Crippen molar-refractivity contribution in [2.75, 3.05) is 25.1 Å². The third kappa shape index (κ3) is 3.43. The molecule has 1 fully saturated rings. The molecular weight excluding hydrogens is 266 g/mol. The molecule has 0 bridgehead atoms. The summed E-state index contributed by atoms with van der Waals surface area (Å²) < 4.78 is 32.4. The van der Waals surface area contributed by atoms with Gasteiger partial charge in [-0.05, 0) is 32.4 Å². The van der Waals surface area contributed by atoms with E-state index in [1.165, 1.54) is 6.20 Å². The minimum atomic E-state index is -3.55. The molecule has 0 aromatic carbocycles. The van der Waals surface area contributed by atoms with Crippen molar-refractivity contribution in [1.29, 1.82) is 0 Å². The van der Waals surface area contributed by atoms with E-state index in [0.717, 1.165) is 6.54 Å². The number of ether oxygens (including phenoxy) is 1. The first kappa shape index (κ1) is 14.2. The maximum Gasteiger partial charge on any atom is 0.242 e. The van der Waals surface area contributed by atoms with Crippen LogP contribution < -0.4 is 10.0 Å². The van der Waals surface area contributed by atoms with Crippen molar-refractivity contribution < 1.29 is 13.2 Å². The highest BCUT2D eigenvalue weighted by atomic mass is 32.2. The molecule has 106 valence electrons. The second kappa shape index (κ2) is 5.44. The average molecular weight is 285 g/mol. The first-order chi connectivity index (χ1) is 8.95. The van der Waals surface area contributed by atoms with Crippen molar-refractivity contribution in [2.45, 2.75) is 30.7 Å². The first-order valence-corrected chi connectivity index (χ1v) is 7.75. The summed E-state index contributed by atoms with van der Waals surface area (Å²) in [6, 6.07) is 3.21. The number of aromatic nitrogens is 1. The van der Waals surface area contributed by atoms with E-state index < -0.39 is 15.6 Å². The Morgan fingerprint density at radius 1 is 1.47 bits per heavy atom. The van der Waals surface area contributed by atoms with Gasteiger partial charge in [-0.25, -0.2) is 18.1 Å². The number of rotatable bonds is 5. The van der Waals surface area contributed by atoms with E-state index in [1.54, 1.807) is 12.1 Å². The molecule has 0 amide bonds. The van der Waals surface area contributed by atoms with Crippen molar-refractivity contribution in [3.63, 3.8) is 0 Å². The molecule has 1 unspecified atom stereocenters. The maximum absolute atomic E-state index is 12.2. The van der Waals surface area contributed by atoms with Crippen LogP contribution in [0.1, 0.15) is 20.3 Å². The van der Waals surface area contributed by atoms with Crippen LogP contribution in [0.4, 0.5) is 5.82 Å². The second-order valence-electron chi connectivity index (χ2n) is 4.88. The van der Waals surface area contributed by atoms with Gasteiger partial charge in [0, 0.05) is 19.3 Å². The molecule has 1 saturated heterocycles. The van der Waals surface area contributed by atoms with Gasteiger partial charge in [-0.1, -0.05) is 0 Å². The lowest BCUT2D eigenvalue weighted by Gasteiger charge is -2.23. The van der Waals surface area contributed by atoms with Crippen LogP contribution in [-0.4, -0.2) is 38.7 Å². The fourth-order valence-corrected chi connectivity index (χ4v) is 3.32. The molecule has 19 heavy (non-hydrogen) atoms. The molecule has 2 N–H and O–H groups in total. The average Bonchev–Trinajstić information content (AvgIpc) is 2.76. The van der Waals surface area contributed by atoms with Crippen LogP contribution in [0.3, 0.4) is 0 Å². The summed E-state index contributed by atoms with van der Waals surface area (Å²) in [6.45, 7) is 5.52. The van der Waals surface area contributed by atoms with E-state index in [0.29, 0.717) is 25.5 Å². The molecule has 0 aliphatic carbocycles. The zero-order chi connectivity index (χ0) is 13.9. The molecule has 0 spiro atoms. The van der Waals surface area contributed by atoms with Gasteiger partial charge in [0.2, 0.25) is 10.0 Å². The van der Waals surface area contributed by atoms with Gasteiger partial charge in [-0.15, -0.1) is 0 Å². The Labute approximate surface area is 113 Å². The summed E-state index contributed by atoms with van der Waals surface area (Å²) in [6.07, 6.45) is 2.04. The van der Waals surface area contributed by atoms with Crippen LogP contribution in [0.15, 0.2) is 23.2 Å². The third-order valence-electron chi connectivity index (χ3n) is 3.00. The SMILES string of the molecule is CCNc1ccc(S(=O)(=O)NC2(C)CCOC2)cn1. The summed E-state index contributed by atoms with van der Waals surface area (Å²) in [7, 11) is -3.55. The number of nitrogens with zero attached hydrogens (tertiary/aromatic N) is 1. The number of hydrogen-bond donors (Lipinski definition) is 2. The molecule has 0 saturated carbocycles. The minimum Gasteiger partial charge on any atom is -0.379 e. The third-order valence-corrected chi connectivity index (χ3v) is 4.63. The molecule has 1 aromatic heterocycles. The second-order valence-corrected chi connectivity index (χ2v) is 6.56. The van der Waals surface area contributed by atoms with Crippen molar-refractivity contribution in [3.8, 4) is 0 Å². The van der Waals surface area contributed by atoms with Crippen LogP contribution in [0.2, 0.25) is 0 Å². The van der Waals surface area contributed by atoms with Crippen molar-refractivity contribution in [1.82, 2.24) is 9.71 Å². The largest absolute Gasteiger partial charge is 0.379 e. The van der Waals surface area contributed by atoms with Crippen LogP contribution in [0.25, 0.3) is 0 Å². The highest BCUT2D eigenvalue weighted by Crippen LogP contribution is 2.21. The summed E-state index contributed by atoms with van der Waals surface area (Å²) in [4.78, 5) is 4.24. The van der Waals surface area contributed by atoms with Gasteiger partial charge in [0.1, 0.15) is 10.7 Å². The topological polar surface area (TPSA) is 80.3 Å². The van der Waals surface area contributed by atoms with Crippen LogP contribution in [0.5, 0.6) is 0 Å². The molecule has 0 radical (unpaired) electrons. The lowest BCUT2D eigenvalue weighted by atomic mass is 10.0. The standard InChI is InChI=1S/C12H19N3O3S/c1-3-13-11-5-4-10(8-14-11)19(16,17)15-12(2)6-7-18-9-12/h4-5,8,15H,3,6-7,9H2,1-2H3,(H,13,14). The molecule has 2 heterocycles. The lowest BCUT2D eigenvalue weighted by Crippen LogP contribution is -2.46. The quantitative estimate of drug-likeness (QED) is 0.842. The number of pyridine rings is 1. The summed E-state index contributed by atoms with van der Waals surface area (Å²) in [5.41, 5.74) is -0.529. The van der Waals surface area contributed by atoms with Gasteiger partial charge < -0.3 is 10.1 Å². The number of sulfonamides is 1. The Morgan fingerprint density at radius 2 is 2.26 bits per heavy atom. The van der Waals surface area contributed by atoms with Gasteiger partial charge in [0.05, 0.1) is 12.1 Å². The highest BCUT2D eigenvalue weighted by molar-refractivity contribution is 7.89. The molecule has 1 aliphatic rings. The van der Waals surface area contributed by atoms with E-state index in [4.69, 9.17) is 4.74 Å². The maximum atomic E-state index is 12.2. The van der Waals surface area contributed by atoms with Crippen molar-refractivity contribution >= 4 is 15.8 Å². The number of nitrogens with one attached hydrogen (secondary N) is 2. The highest BCUT2D eigenvalue weighted by Gasteiger charge is 2.34. The monoisotopic (exact) mass is 285 g/mol. The van der Waals surface area contributed by atoms with Gasteiger partial charge in [-0.2, -0.15) is 0 Å². The Balaban J connectivity index is 2.15. The predicted octanol–water partition coefficient (Wildman–Crippen LogP) is 0.971. The zero-order valence-electron chi connectivity index (χ0n) is 11.1. The van der Waals surface area contributed by atoms with E-state index in [2.05, 4.69) is 15.0 Å². The molecule has 1 aliphatic heterocycles. The normalized spacial score (nSPS) is 23.5. The fraction of sp³-hybridized carbons (Fsp3) is 0.583. The van der Waals surface area contributed by atoms with Crippen LogP contribution in [0, 0.1) is 0 Å². The van der Waals surface area contributed by atoms with E-state index in [1.807, 2.05) is 13.8 Å². The molecular formula is C12H19N3O3S. The minimum absolute atomic E-state index is 0.169.